The number of amides is 2. The van der Waals surface area contributed by atoms with Crippen LogP contribution in [0.4, 0.5) is 0 Å². The Morgan fingerprint density at radius 1 is 1.30 bits per heavy atom. The number of hydrogen-bond donors (Lipinski definition) is 4. The smallest absolute Gasteiger partial charge is 0.326 e. The first-order chi connectivity index (χ1) is 9.22. The summed E-state index contributed by atoms with van der Waals surface area (Å²) in [5.74, 6) is -4.06. The minimum Gasteiger partial charge on any atom is -0.481 e. The Morgan fingerprint density at radius 2 is 1.90 bits per heavy atom. The Hall–Kier alpha value is -2.16. The van der Waals surface area contributed by atoms with Crippen molar-refractivity contribution in [3.8, 4) is 0 Å². The van der Waals surface area contributed by atoms with Crippen molar-refractivity contribution < 1.29 is 34.5 Å². The van der Waals surface area contributed by atoms with E-state index < -0.39 is 48.4 Å². The molecule has 1 aliphatic heterocycles. The van der Waals surface area contributed by atoms with E-state index in [2.05, 4.69) is 5.32 Å². The van der Waals surface area contributed by atoms with Crippen molar-refractivity contribution in [2.24, 2.45) is 0 Å². The van der Waals surface area contributed by atoms with Crippen LogP contribution >= 0.6 is 0 Å². The number of carboxylic acids is 2. The molecule has 112 valence electrons. The van der Waals surface area contributed by atoms with Crippen LogP contribution in [0.15, 0.2) is 0 Å². The highest BCUT2D eigenvalue weighted by atomic mass is 16.4. The molecule has 9 nitrogen and oxygen atoms in total. The fourth-order valence-corrected chi connectivity index (χ4v) is 2.05. The standard InChI is InChI=1S/C11H16N2O7/c1-5(14)13-4-6(15)2-8(13)10(18)12-7(11(19)20)3-9(16)17/h6-8,15H,2-4H2,1H3,(H,12,18)(H,16,17)(H,19,20)/t6?,7-,8-/m0/s1. The summed E-state index contributed by atoms with van der Waals surface area (Å²) in [6, 6.07) is -2.57. The van der Waals surface area contributed by atoms with Crippen molar-refractivity contribution in [1.82, 2.24) is 10.2 Å². The van der Waals surface area contributed by atoms with Crippen molar-refractivity contribution >= 4 is 23.8 Å². The zero-order valence-corrected chi connectivity index (χ0v) is 10.8. The van der Waals surface area contributed by atoms with Crippen LogP contribution in [-0.4, -0.2) is 68.7 Å². The van der Waals surface area contributed by atoms with Gasteiger partial charge >= 0.3 is 11.9 Å². The summed E-state index contributed by atoms with van der Waals surface area (Å²) in [6.07, 6.45) is -1.64. The molecule has 2 amide bonds. The second-order valence-electron chi connectivity index (χ2n) is 4.57. The predicted octanol–water partition coefficient (Wildman–Crippen LogP) is -1.99. The molecule has 1 aliphatic rings. The lowest BCUT2D eigenvalue weighted by atomic mass is 10.1. The number of carbonyl (C=O) groups is 4. The van der Waals surface area contributed by atoms with Gasteiger partial charge in [0.1, 0.15) is 12.1 Å². The Bertz CT molecular complexity index is 436. The summed E-state index contributed by atoms with van der Waals surface area (Å²) in [6.45, 7) is 1.22. The molecule has 1 unspecified atom stereocenters. The van der Waals surface area contributed by atoms with Crippen LogP contribution < -0.4 is 5.32 Å². The van der Waals surface area contributed by atoms with Gasteiger partial charge in [0.2, 0.25) is 11.8 Å². The quantitative estimate of drug-likeness (QED) is 0.458. The van der Waals surface area contributed by atoms with Gasteiger partial charge in [0.05, 0.1) is 12.5 Å². The SMILES string of the molecule is CC(=O)N1CC(O)C[C@H]1C(=O)N[C@@H](CC(=O)O)C(=O)O. The second kappa shape index (κ2) is 6.33. The number of aliphatic hydroxyl groups excluding tert-OH is 1. The summed E-state index contributed by atoms with van der Waals surface area (Å²) in [4.78, 5) is 45.8. The number of likely N-dealkylation sites (tertiary alicyclic amines) is 1. The van der Waals surface area contributed by atoms with Crippen LogP contribution in [0.2, 0.25) is 0 Å². The molecule has 0 bridgehead atoms. The second-order valence-corrected chi connectivity index (χ2v) is 4.57. The first-order valence-electron chi connectivity index (χ1n) is 5.92. The molecule has 9 heteroatoms. The van der Waals surface area contributed by atoms with E-state index in [0.717, 1.165) is 4.90 Å². The average Bonchev–Trinajstić information content (AvgIpc) is 2.69. The number of carboxylic acid groups (broad SMARTS) is 2. The van der Waals surface area contributed by atoms with Crippen LogP contribution in [0.1, 0.15) is 19.8 Å². The molecule has 0 aromatic heterocycles. The van der Waals surface area contributed by atoms with Gasteiger partial charge in [-0.3, -0.25) is 14.4 Å². The maximum atomic E-state index is 11.9. The molecule has 3 atom stereocenters. The first-order valence-corrected chi connectivity index (χ1v) is 5.92. The molecule has 0 aliphatic carbocycles. The molecule has 0 saturated carbocycles. The van der Waals surface area contributed by atoms with Gasteiger partial charge in [-0.2, -0.15) is 0 Å². The summed E-state index contributed by atoms with van der Waals surface area (Å²) in [7, 11) is 0. The summed E-state index contributed by atoms with van der Waals surface area (Å²) >= 11 is 0. The number of aliphatic hydroxyl groups is 1. The molecular formula is C11H16N2O7. The normalized spacial score (nSPS) is 23.2. The first kappa shape index (κ1) is 15.9. The van der Waals surface area contributed by atoms with Crippen LogP contribution in [0.3, 0.4) is 0 Å². The fraction of sp³-hybridized carbons (Fsp3) is 0.636. The van der Waals surface area contributed by atoms with Gasteiger partial charge in [0.15, 0.2) is 0 Å². The third-order valence-electron chi connectivity index (χ3n) is 2.98. The van der Waals surface area contributed by atoms with Crippen LogP contribution in [-0.2, 0) is 19.2 Å². The molecule has 1 heterocycles. The Kier molecular flexibility index (Phi) is 5.03. The van der Waals surface area contributed by atoms with Gasteiger partial charge in [-0.25, -0.2) is 4.79 Å². The number of rotatable bonds is 5. The molecule has 0 aromatic rings. The topological polar surface area (TPSA) is 144 Å². The lowest BCUT2D eigenvalue weighted by molar-refractivity contribution is -0.148. The van der Waals surface area contributed by atoms with Gasteiger partial charge in [0.25, 0.3) is 0 Å². The highest BCUT2D eigenvalue weighted by Gasteiger charge is 2.39. The van der Waals surface area contributed by atoms with Crippen molar-refractivity contribution in [2.75, 3.05) is 6.54 Å². The van der Waals surface area contributed by atoms with E-state index in [1.54, 1.807) is 0 Å². The van der Waals surface area contributed by atoms with Gasteiger partial charge in [-0.1, -0.05) is 0 Å². The molecule has 0 spiro atoms. The number of β-amino-alcohol motifs (C(OH)–C–C–N with tert-alkyl or cyclic N) is 1. The average molecular weight is 288 g/mol. The van der Waals surface area contributed by atoms with E-state index in [1.807, 2.05) is 0 Å². The van der Waals surface area contributed by atoms with Crippen LogP contribution in [0.5, 0.6) is 0 Å². The third kappa shape index (κ3) is 3.92. The molecule has 1 fully saturated rings. The number of aliphatic carboxylic acids is 2. The van der Waals surface area contributed by atoms with Gasteiger partial charge in [0, 0.05) is 19.9 Å². The molecule has 0 radical (unpaired) electrons. The summed E-state index contributed by atoms with van der Waals surface area (Å²) in [5.41, 5.74) is 0. The fourth-order valence-electron chi connectivity index (χ4n) is 2.05. The van der Waals surface area contributed by atoms with Crippen molar-refractivity contribution in [2.45, 2.75) is 38.0 Å². The summed E-state index contributed by atoms with van der Waals surface area (Å²) in [5, 5.41) is 29.0. The number of carbonyl (C=O) groups excluding carboxylic acids is 2. The lowest BCUT2D eigenvalue weighted by Crippen LogP contribution is -2.51. The molecule has 0 aromatic carbocycles. The number of nitrogens with zero attached hydrogens (tertiary/aromatic N) is 1. The van der Waals surface area contributed by atoms with Crippen LogP contribution in [0, 0.1) is 0 Å². The van der Waals surface area contributed by atoms with E-state index in [4.69, 9.17) is 10.2 Å². The van der Waals surface area contributed by atoms with E-state index in [0.29, 0.717) is 0 Å². The Labute approximate surface area is 114 Å². The van der Waals surface area contributed by atoms with Crippen molar-refractivity contribution in [3.05, 3.63) is 0 Å². The minimum absolute atomic E-state index is 0.00910. The summed E-state index contributed by atoms with van der Waals surface area (Å²) < 4.78 is 0. The highest BCUT2D eigenvalue weighted by Crippen LogP contribution is 2.18. The zero-order chi connectivity index (χ0) is 15.4. The maximum Gasteiger partial charge on any atom is 0.326 e. The molecule has 1 saturated heterocycles. The Morgan fingerprint density at radius 3 is 2.35 bits per heavy atom. The van der Waals surface area contributed by atoms with Crippen molar-refractivity contribution in [3.63, 3.8) is 0 Å². The Balaban J connectivity index is 2.75. The molecule has 20 heavy (non-hydrogen) atoms. The van der Waals surface area contributed by atoms with Gasteiger partial charge in [-0.05, 0) is 0 Å². The number of hydrogen-bond acceptors (Lipinski definition) is 5. The highest BCUT2D eigenvalue weighted by molar-refractivity contribution is 5.91. The van der Waals surface area contributed by atoms with Crippen molar-refractivity contribution in [1.29, 1.82) is 0 Å². The van der Waals surface area contributed by atoms with Gasteiger partial charge < -0.3 is 25.5 Å². The number of nitrogens with one attached hydrogen (secondary N) is 1. The van der Waals surface area contributed by atoms with E-state index >= 15 is 0 Å². The van der Waals surface area contributed by atoms with E-state index in [1.165, 1.54) is 6.92 Å². The van der Waals surface area contributed by atoms with E-state index in [-0.39, 0.29) is 13.0 Å². The minimum atomic E-state index is -1.58. The maximum absolute atomic E-state index is 11.9. The van der Waals surface area contributed by atoms with Gasteiger partial charge in [-0.15, -0.1) is 0 Å². The predicted molar refractivity (Wildman–Crippen MR) is 63.6 cm³/mol. The molecule has 4 N–H and O–H groups in total. The zero-order valence-electron chi connectivity index (χ0n) is 10.8. The largest absolute Gasteiger partial charge is 0.481 e. The molecule has 1 rings (SSSR count). The third-order valence-corrected chi connectivity index (χ3v) is 2.98. The molecular weight excluding hydrogens is 272 g/mol. The van der Waals surface area contributed by atoms with Crippen LogP contribution in [0.25, 0.3) is 0 Å². The van der Waals surface area contributed by atoms with E-state index in [9.17, 15) is 24.3 Å². The lowest BCUT2D eigenvalue weighted by Gasteiger charge is -2.23. The monoisotopic (exact) mass is 288 g/mol.